The number of nitrogen functional groups attached to an aromatic ring is 1. The average Bonchev–Trinajstić information content (AvgIpc) is 2.41. The molecule has 2 rings (SSSR count). The van der Waals surface area contributed by atoms with Gasteiger partial charge in [0.25, 0.3) is 5.91 Å². The molecular formula is C14H18Cl2N4O2. The molecule has 0 aromatic carbocycles. The first kappa shape index (κ1) is 19.9. The van der Waals surface area contributed by atoms with Crippen molar-refractivity contribution in [2.24, 2.45) is 0 Å². The maximum Gasteiger partial charge on any atom is 0.278 e. The van der Waals surface area contributed by atoms with E-state index in [-0.39, 0.29) is 42.5 Å². The SMILES string of the molecule is CC(C)Oc1cccnc1C(=O)Nc1ccc(N)nc1.Cl.Cl. The first-order valence-corrected chi connectivity index (χ1v) is 6.21. The first-order chi connectivity index (χ1) is 9.56. The molecule has 8 heteroatoms. The molecule has 0 spiro atoms. The number of pyridine rings is 2. The number of carbonyl (C=O) groups is 1. The van der Waals surface area contributed by atoms with Crippen LogP contribution in [-0.4, -0.2) is 22.0 Å². The number of nitrogens with two attached hydrogens (primary N) is 1. The maximum absolute atomic E-state index is 12.2. The Balaban J connectivity index is 0.00000220. The Morgan fingerprint density at radius 3 is 2.55 bits per heavy atom. The van der Waals surface area contributed by atoms with Crippen molar-refractivity contribution in [1.82, 2.24) is 9.97 Å². The molecule has 3 N–H and O–H groups in total. The predicted octanol–water partition coefficient (Wildman–Crippen LogP) is 2.94. The zero-order valence-electron chi connectivity index (χ0n) is 12.1. The predicted molar refractivity (Wildman–Crippen MR) is 91.1 cm³/mol. The molecule has 22 heavy (non-hydrogen) atoms. The molecule has 0 radical (unpaired) electrons. The summed E-state index contributed by atoms with van der Waals surface area (Å²) in [5, 5.41) is 2.70. The summed E-state index contributed by atoms with van der Waals surface area (Å²) in [5.41, 5.74) is 6.27. The van der Waals surface area contributed by atoms with Gasteiger partial charge in [-0.2, -0.15) is 0 Å². The number of anilines is 2. The third-order valence-corrected chi connectivity index (χ3v) is 2.39. The lowest BCUT2D eigenvalue weighted by molar-refractivity contribution is 0.101. The van der Waals surface area contributed by atoms with Crippen molar-refractivity contribution in [3.63, 3.8) is 0 Å². The van der Waals surface area contributed by atoms with Gasteiger partial charge in [-0.3, -0.25) is 4.79 Å². The molecule has 0 fully saturated rings. The molecule has 2 aromatic rings. The topological polar surface area (TPSA) is 90.1 Å². The standard InChI is InChI=1S/C14H16N4O2.2ClH/c1-9(2)20-11-4-3-7-16-13(11)14(19)18-10-5-6-12(15)17-8-10;;/h3-9H,1-2H3,(H2,15,17)(H,18,19);2*1H. The number of amides is 1. The van der Waals surface area contributed by atoms with E-state index in [1.165, 1.54) is 6.20 Å². The fourth-order valence-electron chi connectivity index (χ4n) is 1.58. The highest BCUT2D eigenvalue weighted by molar-refractivity contribution is 6.04. The van der Waals surface area contributed by atoms with Crippen molar-refractivity contribution in [1.29, 1.82) is 0 Å². The number of halogens is 2. The van der Waals surface area contributed by atoms with E-state index in [0.29, 0.717) is 17.3 Å². The average molecular weight is 345 g/mol. The van der Waals surface area contributed by atoms with Gasteiger partial charge in [0.05, 0.1) is 18.0 Å². The van der Waals surface area contributed by atoms with Gasteiger partial charge in [0, 0.05) is 6.20 Å². The van der Waals surface area contributed by atoms with Crippen LogP contribution in [0.2, 0.25) is 0 Å². The first-order valence-electron chi connectivity index (χ1n) is 6.21. The monoisotopic (exact) mass is 344 g/mol. The Morgan fingerprint density at radius 1 is 1.23 bits per heavy atom. The minimum absolute atomic E-state index is 0. The molecule has 6 nitrogen and oxygen atoms in total. The van der Waals surface area contributed by atoms with E-state index in [1.807, 2.05) is 13.8 Å². The van der Waals surface area contributed by atoms with Gasteiger partial charge < -0.3 is 15.8 Å². The molecule has 1 amide bonds. The highest BCUT2D eigenvalue weighted by Gasteiger charge is 2.15. The van der Waals surface area contributed by atoms with Gasteiger partial charge in [-0.15, -0.1) is 24.8 Å². The van der Waals surface area contributed by atoms with Crippen LogP contribution in [0.1, 0.15) is 24.3 Å². The number of hydrogen-bond acceptors (Lipinski definition) is 5. The van der Waals surface area contributed by atoms with Crippen molar-refractivity contribution < 1.29 is 9.53 Å². The molecule has 0 aliphatic heterocycles. The van der Waals surface area contributed by atoms with Gasteiger partial charge in [0.1, 0.15) is 5.82 Å². The lowest BCUT2D eigenvalue weighted by atomic mass is 10.3. The van der Waals surface area contributed by atoms with E-state index in [0.717, 1.165) is 0 Å². The van der Waals surface area contributed by atoms with Gasteiger partial charge in [-0.1, -0.05) is 0 Å². The van der Waals surface area contributed by atoms with Crippen LogP contribution in [0.3, 0.4) is 0 Å². The highest BCUT2D eigenvalue weighted by atomic mass is 35.5. The Labute approximate surface area is 141 Å². The molecule has 0 saturated carbocycles. The quantitative estimate of drug-likeness (QED) is 0.889. The van der Waals surface area contributed by atoms with Crippen molar-refractivity contribution in [2.75, 3.05) is 11.1 Å². The number of aromatic nitrogens is 2. The van der Waals surface area contributed by atoms with Crippen molar-refractivity contribution in [3.8, 4) is 5.75 Å². The van der Waals surface area contributed by atoms with Crippen LogP contribution in [-0.2, 0) is 0 Å². The third-order valence-electron chi connectivity index (χ3n) is 2.39. The van der Waals surface area contributed by atoms with Gasteiger partial charge in [0.2, 0.25) is 0 Å². The van der Waals surface area contributed by atoms with Crippen LogP contribution >= 0.6 is 24.8 Å². The molecule has 120 valence electrons. The van der Waals surface area contributed by atoms with Crippen LogP contribution in [0.4, 0.5) is 11.5 Å². The molecule has 2 heterocycles. The number of carbonyl (C=O) groups excluding carboxylic acids is 1. The van der Waals surface area contributed by atoms with Crippen molar-refractivity contribution in [3.05, 3.63) is 42.4 Å². The lowest BCUT2D eigenvalue weighted by Crippen LogP contribution is -2.17. The summed E-state index contributed by atoms with van der Waals surface area (Å²) >= 11 is 0. The molecular weight excluding hydrogens is 327 g/mol. The summed E-state index contributed by atoms with van der Waals surface area (Å²) in [7, 11) is 0. The molecule has 2 aromatic heterocycles. The second-order valence-corrected chi connectivity index (χ2v) is 4.44. The Morgan fingerprint density at radius 2 is 1.95 bits per heavy atom. The number of hydrogen-bond donors (Lipinski definition) is 2. The summed E-state index contributed by atoms with van der Waals surface area (Å²) in [5.74, 6) is 0.487. The molecule has 0 bridgehead atoms. The summed E-state index contributed by atoms with van der Waals surface area (Å²) < 4.78 is 5.56. The van der Waals surface area contributed by atoms with Crippen LogP contribution in [0, 0.1) is 0 Å². The summed E-state index contributed by atoms with van der Waals surface area (Å²) in [6.07, 6.45) is 2.99. The van der Waals surface area contributed by atoms with E-state index < -0.39 is 0 Å². The van der Waals surface area contributed by atoms with Gasteiger partial charge in [-0.25, -0.2) is 9.97 Å². The van der Waals surface area contributed by atoms with Crippen molar-refractivity contribution in [2.45, 2.75) is 20.0 Å². The summed E-state index contributed by atoms with van der Waals surface area (Å²) in [6.45, 7) is 3.77. The Kier molecular flexibility index (Phi) is 8.22. The summed E-state index contributed by atoms with van der Waals surface area (Å²) in [4.78, 5) is 20.2. The van der Waals surface area contributed by atoms with Gasteiger partial charge >= 0.3 is 0 Å². The van der Waals surface area contributed by atoms with E-state index in [1.54, 1.807) is 30.5 Å². The number of rotatable bonds is 4. The van der Waals surface area contributed by atoms with Gasteiger partial charge in [-0.05, 0) is 38.1 Å². The van der Waals surface area contributed by atoms with Crippen LogP contribution in [0.25, 0.3) is 0 Å². The van der Waals surface area contributed by atoms with E-state index >= 15 is 0 Å². The normalized spacial score (nSPS) is 9.41. The van der Waals surface area contributed by atoms with Crippen LogP contribution < -0.4 is 15.8 Å². The number of ether oxygens (including phenoxy) is 1. The minimum atomic E-state index is -0.354. The molecule has 0 saturated heterocycles. The van der Waals surface area contributed by atoms with Crippen LogP contribution in [0.15, 0.2) is 36.7 Å². The summed E-state index contributed by atoms with van der Waals surface area (Å²) in [6, 6.07) is 6.72. The Hall–Kier alpha value is -2.05. The molecule has 0 unspecified atom stereocenters. The zero-order valence-corrected chi connectivity index (χ0v) is 13.8. The third kappa shape index (κ3) is 5.38. The second-order valence-electron chi connectivity index (χ2n) is 4.44. The Bertz CT molecular complexity index is 606. The van der Waals surface area contributed by atoms with E-state index in [2.05, 4.69) is 15.3 Å². The number of nitrogens with one attached hydrogen (secondary N) is 1. The fourth-order valence-corrected chi connectivity index (χ4v) is 1.58. The number of nitrogens with zero attached hydrogens (tertiary/aromatic N) is 2. The maximum atomic E-state index is 12.2. The van der Waals surface area contributed by atoms with Crippen molar-refractivity contribution >= 4 is 42.2 Å². The molecule has 0 aliphatic carbocycles. The van der Waals surface area contributed by atoms with E-state index in [9.17, 15) is 4.79 Å². The lowest BCUT2D eigenvalue weighted by Gasteiger charge is -2.13. The smallest absolute Gasteiger partial charge is 0.278 e. The van der Waals surface area contributed by atoms with Gasteiger partial charge in [0.15, 0.2) is 11.4 Å². The largest absolute Gasteiger partial charge is 0.489 e. The van der Waals surface area contributed by atoms with E-state index in [4.69, 9.17) is 10.5 Å². The fraction of sp³-hybridized carbons (Fsp3) is 0.214. The molecule has 0 atom stereocenters. The zero-order chi connectivity index (χ0) is 14.5. The molecule has 0 aliphatic rings. The second kappa shape index (κ2) is 9.07. The minimum Gasteiger partial charge on any atom is -0.489 e. The highest BCUT2D eigenvalue weighted by Crippen LogP contribution is 2.18. The van der Waals surface area contributed by atoms with Crippen LogP contribution in [0.5, 0.6) is 5.75 Å².